The molecule has 0 aliphatic carbocycles. The van der Waals surface area contributed by atoms with E-state index in [9.17, 15) is 4.79 Å². The number of H-pyrrole nitrogens is 1. The van der Waals surface area contributed by atoms with E-state index >= 15 is 0 Å². The van der Waals surface area contributed by atoms with Crippen molar-refractivity contribution in [2.75, 3.05) is 33.4 Å². The molecule has 2 aromatic rings. The number of methoxy groups -OCH3 is 1. The fraction of sp³-hybridized carbons (Fsp3) is 0.500. The van der Waals surface area contributed by atoms with Crippen molar-refractivity contribution < 1.29 is 14.3 Å². The van der Waals surface area contributed by atoms with Crippen LogP contribution in [0.2, 0.25) is 0 Å². The maximum absolute atomic E-state index is 12.1. The minimum Gasteiger partial charge on any atom is -0.493 e. The third kappa shape index (κ3) is 5.72. The van der Waals surface area contributed by atoms with E-state index in [1.54, 1.807) is 13.2 Å². The molecule has 3 rings (SSSR count). The first kappa shape index (κ1) is 19.2. The number of rotatable bonds is 8. The fourth-order valence-corrected chi connectivity index (χ4v) is 3.44. The number of piperidine rings is 1. The van der Waals surface area contributed by atoms with E-state index < -0.39 is 0 Å². The van der Waals surface area contributed by atoms with Crippen molar-refractivity contribution in [3.8, 4) is 11.5 Å². The minimum absolute atomic E-state index is 0.0106. The number of para-hydroxylation sites is 2. The summed E-state index contributed by atoms with van der Waals surface area (Å²) in [5.74, 6) is 1.55. The number of nitrogens with zero attached hydrogens (tertiary/aromatic N) is 2. The molecule has 0 radical (unpaired) electrons. The summed E-state index contributed by atoms with van der Waals surface area (Å²) in [4.78, 5) is 14.5. The number of carbonyl (C=O) groups excluding carboxylic acids is 1. The lowest BCUT2D eigenvalue weighted by molar-refractivity contribution is -0.123. The third-order valence-electron chi connectivity index (χ3n) is 4.76. The Morgan fingerprint density at radius 1 is 1.37 bits per heavy atom. The van der Waals surface area contributed by atoms with Crippen LogP contribution in [-0.4, -0.2) is 54.4 Å². The zero-order chi connectivity index (χ0) is 19.1. The highest BCUT2D eigenvalue weighted by Gasteiger charge is 2.21. The molecule has 1 aliphatic heterocycles. The molecule has 1 fully saturated rings. The molecule has 0 bridgehead atoms. The quantitative estimate of drug-likeness (QED) is 0.742. The molecule has 1 amide bonds. The van der Waals surface area contributed by atoms with E-state index in [1.165, 1.54) is 0 Å². The zero-order valence-corrected chi connectivity index (χ0v) is 16.0. The van der Waals surface area contributed by atoms with Crippen molar-refractivity contribution >= 4 is 5.91 Å². The summed E-state index contributed by atoms with van der Waals surface area (Å²) >= 11 is 0. The van der Waals surface area contributed by atoms with Gasteiger partial charge in [0.05, 0.1) is 12.8 Å². The number of amides is 1. The molecule has 1 saturated heterocycles. The van der Waals surface area contributed by atoms with Crippen LogP contribution in [0, 0.1) is 12.8 Å². The van der Waals surface area contributed by atoms with Gasteiger partial charge in [-0.15, -0.1) is 0 Å². The second kappa shape index (κ2) is 9.41. The third-order valence-corrected chi connectivity index (χ3v) is 4.76. The average Bonchev–Trinajstić information content (AvgIpc) is 3.09. The normalized spacial score (nSPS) is 17.5. The Kier molecular flexibility index (Phi) is 6.70. The number of likely N-dealkylation sites (tertiary alicyclic amines) is 1. The molecule has 27 heavy (non-hydrogen) atoms. The first-order chi connectivity index (χ1) is 13.1. The molecule has 1 unspecified atom stereocenters. The van der Waals surface area contributed by atoms with Crippen molar-refractivity contribution in [1.82, 2.24) is 20.4 Å². The number of hydrogen-bond acceptors (Lipinski definition) is 5. The number of aromatic amines is 1. The topological polar surface area (TPSA) is 79.5 Å². The van der Waals surface area contributed by atoms with Crippen molar-refractivity contribution in [3.63, 3.8) is 0 Å². The van der Waals surface area contributed by atoms with E-state index in [-0.39, 0.29) is 12.5 Å². The van der Waals surface area contributed by atoms with E-state index in [2.05, 4.69) is 26.5 Å². The number of nitrogens with one attached hydrogen (secondary N) is 2. The molecule has 7 heteroatoms. The van der Waals surface area contributed by atoms with Gasteiger partial charge in [-0.2, -0.15) is 5.10 Å². The maximum atomic E-state index is 12.1. The predicted molar refractivity (Wildman–Crippen MR) is 103 cm³/mol. The minimum atomic E-state index is -0.110. The molecule has 7 nitrogen and oxygen atoms in total. The van der Waals surface area contributed by atoms with Gasteiger partial charge in [0.1, 0.15) is 0 Å². The molecule has 0 spiro atoms. The smallest absolute Gasteiger partial charge is 0.257 e. The summed E-state index contributed by atoms with van der Waals surface area (Å²) in [5.41, 5.74) is 2.16. The van der Waals surface area contributed by atoms with Crippen molar-refractivity contribution in [1.29, 1.82) is 0 Å². The summed E-state index contributed by atoms with van der Waals surface area (Å²) in [5, 5.41) is 10.3. The second-order valence-corrected chi connectivity index (χ2v) is 7.03. The largest absolute Gasteiger partial charge is 0.493 e. The Morgan fingerprint density at radius 3 is 2.93 bits per heavy atom. The zero-order valence-electron chi connectivity index (χ0n) is 16.0. The maximum Gasteiger partial charge on any atom is 0.257 e. The number of aryl methyl sites for hydroxylation is 1. The average molecular weight is 372 g/mol. The van der Waals surface area contributed by atoms with Crippen LogP contribution in [0.4, 0.5) is 0 Å². The second-order valence-electron chi connectivity index (χ2n) is 7.03. The SMILES string of the molecule is COc1ccccc1OCC(=O)NCC1CCCN(Cc2cc(C)[nH]n2)C1. The number of hydrogen-bond donors (Lipinski definition) is 2. The number of ether oxygens (including phenoxy) is 2. The van der Waals surface area contributed by atoms with Gasteiger partial charge in [-0.3, -0.25) is 14.8 Å². The molecule has 1 aromatic heterocycles. The molecule has 2 heterocycles. The van der Waals surface area contributed by atoms with Gasteiger partial charge in [-0.1, -0.05) is 12.1 Å². The highest BCUT2D eigenvalue weighted by molar-refractivity contribution is 5.77. The monoisotopic (exact) mass is 372 g/mol. The Morgan fingerprint density at radius 2 is 2.19 bits per heavy atom. The van der Waals surface area contributed by atoms with Crippen LogP contribution in [0.25, 0.3) is 0 Å². The Balaban J connectivity index is 1.40. The van der Waals surface area contributed by atoms with Crippen LogP contribution in [0.5, 0.6) is 11.5 Å². The van der Waals surface area contributed by atoms with Gasteiger partial charge in [0.25, 0.3) is 5.91 Å². The van der Waals surface area contributed by atoms with E-state index in [4.69, 9.17) is 9.47 Å². The lowest BCUT2D eigenvalue weighted by Crippen LogP contribution is -2.41. The highest BCUT2D eigenvalue weighted by atomic mass is 16.5. The molecule has 1 aliphatic rings. The Hall–Kier alpha value is -2.54. The first-order valence-corrected chi connectivity index (χ1v) is 9.40. The number of carbonyl (C=O) groups is 1. The van der Waals surface area contributed by atoms with Crippen LogP contribution in [-0.2, 0) is 11.3 Å². The summed E-state index contributed by atoms with van der Waals surface area (Å²) < 4.78 is 10.8. The predicted octanol–water partition coefficient (Wildman–Crippen LogP) is 2.13. The van der Waals surface area contributed by atoms with Crippen LogP contribution in [0.1, 0.15) is 24.2 Å². The van der Waals surface area contributed by atoms with Crippen LogP contribution in [0.15, 0.2) is 30.3 Å². The van der Waals surface area contributed by atoms with E-state index in [0.29, 0.717) is 24.0 Å². The molecule has 146 valence electrons. The van der Waals surface area contributed by atoms with Gasteiger partial charge in [0.15, 0.2) is 18.1 Å². The van der Waals surface area contributed by atoms with Gasteiger partial charge >= 0.3 is 0 Å². The van der Waals surface area contributed by atoms with Gasteiger partial charge < -0.3 is 14.8 Å². The van der Waals surface area contributed by atoms with Crippen LogP contribution >= 0.6 is 0 Å². The highest BCUT2D eigenvalue weighted by Crippen LogP contribution is 2.25. The lowest BCUT2D eigenvalue weighted by atomic mass is 9.98. The number of benzene rings is 1. The summed E-state index contributed by atoms with van der Waals surface area (Å²) in [6.45, 7) is 5.57. The van der Waals surface area contributed by atoms with Crippen LogP contribution in [0.3, 0.4) is 0 Å². The fourth-order valence-electron chi connectivity index (χ4n) is 3.44. The summed E-state index contributed by atoms with van der Waals surface area (Å²) in [6.07, 6.45) is 2.27. The first-order valence-electron chi connectivity index (χ1n) is 9.40. The molecule has 2 N–H and O–H groups in total. The van der Waals surface area contributed by atoms with Gasteiger partial charge in [-0.05, 0) is 50.4 Å². The summed E-state index contributed by atoms with van der Waals surface area (Å²) in [7, 11) is 1.58. The van der Waals surface area contributed by atoms with Crippen LogP contribution < -0.4 is 14.8 Å². The molecular weight excluding hydrogens is 344 g/mol. The van der Waals surface area contributed by atoms with Crippen molar-refractivity contribution in [2.24, 2.45) is 5.92 Å². The number of aromatic nitrogens is 2. The lowest BCUT2D eigenvalue weighted by Gasteiger charge is -2.32. The molecular formula is C20H28N4O3. The summed E-state index contributed by atoms with van der Waals surface area (Å²) in [6, 6.07) is 9.41. The van der Waals surface area contributed by atoms with Crippen molar-refractivity contribution in [2.45, 2.75) is 26.3 Å². The van der Waals surface area contributed by atoms with Crippen molar-refractivity contribution in [3.05, 3.63) is 41.7 Å². The van der Waals surface area contributed by atoms with Gasteiger partial charge in [0.2, 0.25) is 0 Å². The van der Waals surface area contributed by atoms with Gasteiger partial charge in [-0.25, -0.2) is 0 Å². The molecule has 1 aromatic carbocycles. The van der Waals surface area contributed by atoms with E-state index in [1.807, 2.05) is 25.1 Å². The Bertz CT molecular complexity index is 746. The Labute approximate surface area is 160 Å². The van der Waals surface area contributed by atoms with E-state index in [0.717, 1.165) is 43.9 Å². The van der Waals surface area contributed by atoms with Gasteiger partial charge in [0, 0.05) is 25.3 Å². The standard InChI is InChI=1S/C20H28N4O3/c1-15-10-17(23-22-15)13-24-9-5-6-16(12-24)11-21-20(25)14-27-19-8-4-3-7-18(19)26-2/h3-4,7-8,10,16H,5-6,9,11-14H2,1-2H3,(H,21,25)(H,22,23). The molecule has 0 saturated carbocycles. The molecule has 1 atom stereocenters.